The smallest absolute Gasteiger partial charge is 0.207 e. The Kier molecular flexibility index (Phi) is 8.15. The number of hydrogen-bond acceptors (Lipinski definition) is 1. The molecule has 0 aromatic heterocycles. The van der Waals surface area contributed by atoms with E-state index in [0.717, 1.165) is 0 Å². The van der Waals surface area contributed by atoms with Crippen LogP contribution in [-0.4, -0.2) is 12.5 Å². The lowest BCUT2D eigenvalue weighted by Crippen LogP contribution is -2.19. The van der Waals surface area contributed by atoms with Gasteiger partial charge in [0.15, 0.2) is 0 Å². The summed E-state index contributed by atoms with van der Waals surface area (Å²) in [6, 6.07) is 0.280. The van der Waals surface area contributed by atoms with Crippen LogP contribution in [0.4, 0.5) is 0 Å². The number of amides is 1. The molecule has 0 saturated heterocycles. The molecule has 0 aliphatic heterocycles. The van der Waals surface area contributed by atoms with E-state index in [1.54, 1.807) is 0 Å². The molecule has 1 N–H and O–H groups in total. The van der Waals surface area contributed by atoms with Gasteiger partial charge in [0.25, 0.3) is 0 Å². The predicted octanol–water partition coefficient (Wildman–Crippen LogP) is 0.563. The fraction of sp³-hybridized carbons (Fsp3) is 0.750. The van der Waals surface area contributed by atoms with Gasteiger partial charge in [-0.2, -0.15) is 0 Å². The van der Waals surface area contributed by atoms with E-state index in [9.17, 15) is 4.79 Å². The topological polar surface area (TPSA) is 29.1 Å². The molecule has 2 nitrogen and oxygen atoms in total. The third kappa shape index (κ3) is 10.7. The summed E-state index contributed by atoms with van der Waals surface area (Å²) < 4.78 is 0. The van der Waals surface area contributed by atoms with Crippen molar-refractivity contribution in [3.8, 4) is 0 Å². The van der Waals surface area contributed by atoms with Crippen LogP contribution in [0.3, 0.4) is 0 Å². The molecule has 0 aliphatic rings. The van der Waals surface area contributed by atoms with Crippen LogP contribution in [0, 0.1) is 0 Å². The fourth-order valence-electron chi connectivity index (χ4n) is 0.136. The summed E-state index contributed by atoms with van der Waals surface area (Å²) in [5.74, 6) is 0. The molecule has 0 aliphatic carbocycles. The Morgan fingerprint density at radius 2 is 2.00 bits per heavy atom. The van der Waals surface area contributed by atoms with Gasteiger partial charge in [0.1, 0.15) is 0 Å². The summed E-state index contributed by atoms with van der Waals surface area (Å²) in [7, 11) is 0. The van der Waals surface area contributed by atoms with Crippen molar-refractivity contribution in [2.24, 2.45) is 0 Å². The Bertz CT molecular complexity index is 47.0. The summed E-state index contributed by atoms with van der Waals surface area (Å²) in [6.07, 6.45) is 0.699. The summed E-state index contributed by atoms with van der Waals surface area (Å²) in [5, 5.41) is 2.53. The summed E-state index contributed by atoms with van der Waals surface area (Å²) in [5.41, 5.74) is 0. The lowest BCUT2D eigenvalue weighted by Gasteiger charge is -1.96. The van der Waals surface area contributed by atoms with Crippen LogP contribution in [0.5, 0.6) is 0 Å². The number of carbonyl (C=O) groups is 1. The molecule has 0 fully saturated rings. The van der Waals surface area contributed by atoms with Crippen LogP contribution in [0.2, 0.25) is 0 Å². The molecule has 0 bridgehead atoms. The quantitative estimate of drug-likeness (QED) is 0.535. The molecular formula is C4H10ClNO. The summed E-state index contributed by atoms with van der Waals surface area (Å²) >= 11 is 0. The van der Waals surface area contributed by atoms with Gasteiger partial charge in [-0.05, 0) is 13.8 Å². The van der Waals surface area contributed by atoms with Gasteiger partial charge < -0.3 is 5.32 Å². The highest BCUT2D eigenvalue weighted by Gasteiger charge is 1.81. The van der Waals surface area contributed by atoms with Gasteiger partial charge in [-0.3, -0.25) is 4.79 Å². The van der Waals surface area contributed by atoms with Crippen LogP contribution in [-0.2, 0) is 4.79 Å². The molecule has 1 amide bonds. The molecule has 0 atom stereocenters. The van der Waals surface area contributed by atoms with E-state index in [-0.39, 0.29) is 18.4 Å². The molecule has 0 heterocycles. The SMILES string of the molecule is CC(C)NC=O.Cl. The van der Waals surface area contributed by atoms with Gasteiger partial charge in [-0.1, -0.05) is 0 Å². The second-order valence-electron chi connectivity index (χ2n) is 1.44. The maximum atomic E-state index is 9.50. The zero-order chi connectivity index (χ0) is 4.99. The molecule has 0 rings (SSSR count). The standard InChI is InChI=1S/C4H9NO.ClH/c1-4(2)5-3-6;/h3-4H,1-2H3,(H,5,6);1H. The molecule has 0 unspecified atom stereocenters. The Balaban J connectivity index is 0. The maximum absolute atomic E-state index is 9.50. The normalized spacial score (nSPS) is 7.29. The molecule has 0 spiro atoms. The number of hydrogen-bond donors (Lipinski definition) is 1. The highest BCUT2D eigenvalue weighted by atomic mass is 35.5. The Morgan fingerprint density at radius 1 is 1.57 bits per heavy atom. The van der Waals surface area contributed by atoms with E-state index in [1.165, 1.54) is 0 Å². The molecule has 0 radical (unpaired) electrons. The van der Waals surface area contributed by atoms with Gasteiger partial charge in [-0.15, -0.1) is 12.4 Å². The zero-order valence-corrected chi connectivity index (χ0v) is 5.29. The summed E-state index contributed by atoms with van der Waals surface area (Å²) in [6.45, 7) is 3.82. The van der Waals surface area contributed by atoms with Crippen LogP contribution < -0.4 is 5.32 Å². The van der Waals surface area contributed by atoms with Crippen molar-refractivity contribution >= 4 is 18.8 Å². The number of halogens is 1. The van der Waals surface area contributed by atoms with Crippen molar-refractivity contribution in [3.63, 3.8) is 0 Å². The first-order chi connectivity index (χ1) is 2.77. The zero-order valence-electron chi connectivity index (χ0n) is 4.47. The lowest BCUT2D eigenvalue weighted by atomic mass is 10.4. The van der Waals surface area contributed by atoms with Crippen LogP contribution in [0.1, 0.15) is 13.8 Å². The Hall–Kier alpha value is -0.240. The minimum Gasteiger partial charge on any atom is -0.357 e. The van der Waals surface area contributed by atoms with Crippen LogP contribution >= 0.6 is 12.4 Å². The number of carbonyl (C=O) groups excluding carboxylic acids is 1. The van der Waals surface area contributed by atoms with E-state index < -0.39 is 0 Å². The molecule has 0 saturated carbocycles. The third-order valence-electron chi connectivity index (χ3n) is 0.401. The first-order valence-electron chi connectivity index (χ1n) is 1.97. The van der Waals surface area contributed by atoms with Gasteiger partial charge in [0.2, 0.25) is 6.41 Å². The van der Waals surface area contributed by atoms with E-state index in [2.05, 4.69) is 5.32 Å². The average molecular weight is 124 g/mol. The highest BCUT2D eigenvalue weighted by molar-refractivity contribution is 5.85. The van der Waals surface area contributed by atoms with Gasteiger partial charge in [-0.25, -0.2) is 0 Å². The number of rotatable bonds is 2. The predicted molar refractivity (Wildman–Crippen MR) is 31.6 cm³/mol. The van der Waals surface area contributed by atoms with Crippen molar-refractivity contribution in [2.75, 3.05) is 0 Å². The molecule has 0 aromatic carbocycles. The Labute approximate surface area is 49.7 Å². The first kappa shape index (κ1) is 9.90. The van der Waals surface area contributed by atoms with Crippen molar-refractivity contribution in [2.45, 2.75) is 19.9 Å². The molecular weight excluding hydrogens is 114 g/mol. The summed E-state index contributed by atoms with van der Waals surface area (Å²) in [4.78, 5) is 9.50. The van der Waals surface area contributed by atoms with Crippen molar-refractivity contribution in [1.29, 1.82) is 0 Å². The lowest BCUT2D eigenvalue weighted by molar-refractivity contribution is -0.109. The first-order valence-corrected chi connectivity index (χ1v) is 1.97. The van der Waals surface area contributed by atoms with Gasteiger partial charge in [0.05, 0.1) is 0 Å². The van der Waals surface area contributed by atoms with Gasteiger partial charge >= 0.3 is 0 Å². The second-order valence-corrected chi connectivity index (χ2v) is 1.44. The third-order valence-corrected chi connectivity index (χ3v) is 0.401. The molecule has 7 heavy (non-hydrogen) atoms. The monoisotopic (exact) mass is 123 g/mol. The van der Waals surface area contributed by atoms with Crippen molar-refractivity contribution in [1.82, 2.24) is 5.32 Å². The average Bonchev–Trinajstić information content (AvgIpc) is 1.35. The van der Waals surface area contributed by atoms with E-state index >= 15 is 0 Å². The van der Waals surface area contributed by atoms with E-state index in [1.807, 2.05) is 13.8 Å². The fourth-order valence-corrected chi connectivity index (χ4v) is 0.136. The van der Waals surface area contributed by atoms with Crippen molar-refractivity contribution < 1.29 is 4.79 Å². The van der Waals surface area contributed by atoms with E-state index in [4.69, 9.17) is 0 Å². The highest BCUT2D eigenvalue weighted by Crippen LogP contribution is 1.67. The molecule has 44 valence electrons. The van der Waals surface area contributed by atoms with Crippen molar-refractivity contribution in [3.05, 3.63) is 0 Å². The largest absolute Gasteiger partial charge is 0.357 e. The Morgan fingerprint density at radius 3 is 2.00 bits per heavy atom. The van der Waals surface area contributed by atoms with E-state index in [0.29, 0.717) is 6.41 Å². The van der Waals surface area contributed by atoms with Crippen LogP contribution in [0.25, 0.3) is 0 Å². The molecule has 3 heteroatoms. The maximum Gasteiger partial charge on any atom is 0.207 e. The van der Waals surface area contributed by atoms with Crippen LogP contribution in [0.15, 0.2) is 0 Å². The minimum absolute atomic E-state index is 0. The minimum atomic E-state index is 0. The number of nitrogens with one attached hydrogen (secondary N) is 1. The van der Waals surface area contributed by atoms with Gasteiger partial charge in [0, 0.05) is 6.04 Å². The molecule has 0 aromatic rings. The second kappa shape index (κ2) is 5.76.